The normalized spacial score (nSPS) is 22.4. The molecule has 4 heterocycles. The summed E-state index contributed by atoms with van der Waals surface area (Å²) in [5, 5.41) is 6.37. The predicted octanol–water partition coefficient (Wildman–Crippen LogP) is 3.24. The number of pyridine rings is 2. The Balaban J connectivity index is 1.14. The molecule has 1 amide bonds. The molecule has 1 saturated heterocycles. The first-order valence-electron chi connectivity index (χ1n) is 12.1. The van der Waals surface area contributed by atoms with Gasteiger partial charge in [-0.25, -0.2) is 9.97 Å². The molecule has 11 heteroatoms. The molecule has 0 spiro atoms. The lowest BCUT2D eigenvalue weighted by atomic mass is 10.0. The van der Waals surface area contributed by atoms with Crippen LogP contribution in [0.4, 0.5) is 24.8 Å². The zero-order valence-electron chi connectivity index (χ0n) is 19.5. The lowest BCUT2D eigenvalue weighted by molar-refractivity contribution is -0.141. The molecular formula is C25H26F3N7O. The molecule has 3 aromatic rings. The minimum Gasteiger partial charge on any atom is -0.384 e. The number of hydrogen-bond donors (Lipinski definition) is 2. The SMILES string of the molecule is Nc1ccc2c(n1)CC[C@H]2CNC(=O)c1cn(Cc2ccc(N3CC4CC4C3)nc2)nc1C(F)(F)F. The second-order valence-corrected chi connectivity index (χ2v) is 9.99. The van der Waals surface area contributed by atoms with E-state index in [-0.39, 0.29) is 19.0 Å². The first kappa shape index (κ1) is 22.8. The smallest absolute Gasteiger partial charge is 0.384 e. The van der Waals surface area contributed by atoms with Gasteiger partial charge in [0.2, 0.25) is 0 Å². The number of alkyl halides is 3. The Bertz CT molecular complexity index is 1290. The van der Waals surface area contributed by atoms with Crippen molar-refractivity contribution in [3.8, 4) is 0 Å². The molecule has 0 aromatic carbocycles. The van der Waals surface area contributed by atoms with Gasteiger partial charge >= 0.3 is 6.18 Å². The highest BCUT2D eigenvalue weighted by atomic mass is 19.4. The molecule has 6 rings (SSSR count). The third kappa shape index (κ3) is 4.38. The summed E-state index contributed by atoms with van der Waals surface area (Å²) in [4.78, 5) is 23.8. The first-order chi connectivity index (χ1) is 17.2. The van der Waals surface area contributed by atoms with Crippen molar-refractivity contribution >= 4 is 17.5 Å². The van der Waals surface area contributed by atoms with Gasteiger partial charge in [-0.3, -0.25) is 9.48 Å². The van der Waals surface area contributed by atoms with Crippen LogP contribution in [0.25, 0.3) is 0 Å². The maximum absolute atomic E-state index is 13.7. The van der Waals surface area contributed by atoms with Crippen LogP contribution in [0.5, 0.6) is 0 Å². The van der Waals surface area contributed by atoms with Crippen molar-refractivity contribution in [1.82, 2.24) is 25.1 Å². The highest BCUT2D eigenvalue weighted by Crippen LogP contribution is 2.45. The van der Waals surface area contributed by atoms with Crippen LogP contribution in [-0.2, 0) is 19.1 Å². The predicted molar refractivity (Wildman–Crippen MR) is 126 cm³/mol. The standard InChI is InChI=1S/C25H26F3N7O/c26-25(27,28)23-19(24(36)31-9-15-2-4-20-18(15)3-5-21(29)32-20)13-35(33-23)10-14-1-6-22(30-8-14)34-11-16-7-17(16)12-34/h1,3,5-6,8,13,15-17H,2,4,7,9-12H2,(H2,29,32)(H,31,36)/t15-,16?,17?/m0/s1. The van der Waals surface area contributed by atoms with Crippen LogP contribution in [0.3, 0.4) is 0 Å². The van der Waals surface area contributed by atoms with E-state index in [9.17, 15) is 18.0 Å². The second-order valence-electron chi connectivity index (χ2n) is 9.99. The van der Waals surface area contributed by atoms with Gasteiger partial charge in [0.25, 0.3) is 5.91 Å². The summed E-state index contributed by atoms with van der Waals surface area (Å²) in [5.41, 5.74) is 6.60. The van der Waals surface area contributed by atoms with Gasteiger partial charge in [-0.1, -0.05) is 12.1 Å². The molecule has 3 atom stereocenters. The summed E-state index contributed by atoms with van der Waals surface area (Å²) in [6, 6.07) is 7.30. The van der Waals surface area contributed by atoms with E-state index in [2.05, 4.69) is 25.3 Å². The third-order valence-electron chi connectivity index (χ3n) is 7.44. The van der Waals surface area contributed by atoms with Gasteiger partial charge in [-0.05, 0) is 54.4 Å². The molecule has 188 valence electrons. The number of piperidine rings is 1. The maximum atomic E-state index is 13.7. The number of hydrogen-bond acceptors (Lipinski definition) is 6. The van der Waals surface area contributed by atoms with Gasteiger partial charge in [0, 0.05) is 43.6 Å². The van der Waals surface area contributed by atoms with Gasteiger partial charge < -0.3 is 16.0 Å². The number of nitrogen functional groups attached to an aromatic ring is 1. The minimum absolute atomic E-state index is 0.0208. The first-order valence-corrected chi connectivity index (χ1v) is 12.1. The van der Waals surface area contributed by atoms with Crippen molar-refractivity contribution < 1.29 is 18.0 Å². The van der Waals surface area contributed by atoms with Crippen LogP contribution in [0.15, 0.2) is 36.7 Å². The highest BCUT2D eigenvalue weighted by Gasteiger charge is 2.45. The molecule has 1 saturated carbocycles. The number of anilines is 2. The summed E-state index contributed by atoms with van der Waals surface area (Å²) in [5.74, 6) is 2.05. The van der Waals surface area contributed by atoms with E-state index in [4.69, 9.17) is 5.73 Å². The average molecular weight is 498 g/mol. The Morgan fingerprint density at radius 1 is 1.17 bits per heavy atom. The van der Waals surface area contributed by atoms with Gasteiger partial charge in [0.15, 0.2) is 5.69 Å². The molecule has 3 aromatic heterocycles. The van der Waals surface area contributed by atoms with E-state index in [0.717, 1.165) is 65.7 Å². The molecule has 3 N–H and O–H groups in total. The Morgan fingerprint density at radius 2 is 1.97 bits per heavy atom. The minimum atomic E-state index is -4.75. The molecule has 0 bridgehead atoms. The molecule has 8 nitrogen and oxygen atoms in total. The number of nitrogens with one attached hydrogen (secondary N) is 1. The average Bonchev–Trinajstić information content (AvgIpc) is 3.20. The molecule has 2 aliphatic carbocycles. The quantitative estimate of drug-likeness (QED) is 0.542. The van der Waals surface area contributed by atoms with Crippen LogP contribution >= 0.6 is 0 Å². The Kier molecular flexibility index (Phi) is 5.38. The number of aryl methyl sites for hydroxylation is 1. The number of fused-ring (bicyclic) bond motifs is 2. The van der Waals surface area contributed by atoms with Crippen molar-refractivity contribution in [2.75, 3.05) is 30.3 Å². The topological polar surface area (TPSA) is 102 Å². The third-order valence-corrected chi connectivity index (χ3v) is 7.44. The van der Waals surface area contributed by atoms with E-state index < -0.39 is 23.3 Å². The monoisotopic (exact) mass is 497 g/mol. The van der Waals surface area contributed by atoms with Crippen LogP contribution in [0.1, 0.15) is 51.6 Å². The van der Waals surface area contributed by atoms with E-state index in [1.807, 2.05) is 18.2 Å². The fourth-order valence-electron chi connectivity index (χ4n) is 5.44. The van der Waals surface area contributed by atoms with Gasteiger partial charge in [-0.15, -0.1) is 0 Å². The number of carbonyl (C=O) groups excluding carboxylic acids is 1. The van der Waals surface area contributed by atoms with E-state index in [0.29, 0.717) is 11.4 Å². The Labute approximate surface area is 205 Å². The largest absolute Gasteiger partial charge is 0.435 e. The summed E-state index contributed by atoms with van der Waals surface area (Å²) in [6.07, 6.45) is 0.832. The lowest BCUT2D eigenvalue weighted by Crippen LogP contribution is -2.29. The Hall–Kier alpha value is -3.63. The number of nitrogens with zero attached hydrogens (tertiary/aromatic N) is 5. The molecule has 0 radical (unpaired) electrons. The van der Waals surface area contributed by atoms with Gasteiger partial charge in [0.1, 0.15) is 11.6 Å². The molecule has 1 aliphatic heterocycles. The zero-order valence-corrected chi connectivity index (χ0v) is 19.5. The summed E-state index contributed by atoms with van der Waals surface area (Å²) < 4.78 is 42.3. The number of aromatic nitrogens is 4. The van der Waals surface area contributed by atoms with Crippen LogP contribution in [0.2, 0.25) is 0 Å². The number of rotatable bonds is 6. The Morgan fingerprint density at radius 3 is 2.69 bits per heavy atom. The molecule has 2 unspecified atom stereocenters. The maximum Gasteiger partial charge on any atom is 0.435 e. The molecular weight excluding hydrogens is 471 g/mol. The second kappa shape index (κ2) is 8.49. The van der Waals surface area contributed by atoms with E-state index in [1.165, 1.54) is 6.42 Å². The number of amides is 1. The molecule has 36 heavy (non-hydrogen) atoms. The fourth-order valence-corrected chi connectivity index (χ4v) is 5.44. The number of halogens is 3. The van der Waals surface area contributed by atoms with Crippen LogP contribution < -0.4 is 16.0 Å². The van der Waals surface area contributed by atoms with Crippen molar-refractivity contribution in [3.63, 3.8) is 0 Å². The molecule has 2 fully saturated rings. The summed E-state index contributed by atoms with van der Waals surface area (Å²) in [7, 11) is 0. The van der Waals surface area contributed by atoms with Gasteiger partial charge in [0.05, 0.1) is 12.1 Å². The van der Waals surface area contributed by atoms with Crippen molar-refractivity contribution in [2.45, 2.75) is 37.9 Å². The highest BCUT2D eigenvalue weighted by molar-refractivity contribution is 5.95. The van der Waals surface area contributed by atoms with Crippen molar-refractivity contribution in [3.05, 3.63) is 64.7 Å². The lowest BCUT2D eigenvalue weighted by Gasteiger charge is -2.18. The van der Waals surface area contributed by atoms with Crippen molar-refractivity contribution in [1.29, 1.82) is 0 Å². The summed E-state index contributed by atoms with van der Waals surface area (Å²) >= 11 is 0. The van der Waals surface area contributed by atoms with Crippen LogP contribution in [-0.4, -0.2) is 45.3 Å². The van der Waals surface area contributed by atoms with Crippen molar-refractivity contribution in [2.24, 2.45) is 11.8 Å². The number of carbonyl (C=O) groups is 1. The number of nitrogens with two attached hydrogens (primary N) is 1. The molecule has 3 aliphatic rings. The summed E-state index contributed by atoms with van der Waals surface area (Å²) in [6.45, 7) is 2.32. The van der Waals surface area contributed by atoms with Gasteiger partial charge in [-0.2, -0.15) is 18.3 Å². The van der Waals surface area contributed by atoms with Crippen LogP contribution in [0, 0.1) is 11.8 Å². The van der Waals surface area contributed by atoms with E-state index in [1.54, 1.807) is 12.3 Å². The fraction of sp³-hybridized carbons (Fsp3) is 0.440. The van der Waals surface area contributed by atoms with E-state index >= 15 is 0 Å². The zero-order chi connectivity index (χ0) is 25.0.